The number of amides is 1. The summed E-state index contributed by atoms with van der Waals surface area (Å²) >= 11 is 0. The molecule has 19 heavy (non-hydrogen) atoms. The summed E-state index contributed by atoms with van der Waals surface area (Å²) in [5.74, 6) is -3.86. The van der Waals surface area contributed by atoms with Crippen molar-refractivity contribution < 1.29 is 23.5 Å². The first-order chi connectivity index (χ1) is 8.81. The maximum absolute atomic E-state index is 13.0. The first-order valence-corrected chi connectivity index (χ1v) is 5.54. The fraction of sp³-hybridized carbons (Fsp3) is 0.333. The zero-order valence-corrected chi connectivity index (χ0v) is 10.2. The van der Waals surface area contributed by atoms with Crippen molar-refractivity contribution >= 4 is 11.9 Å². The van der Waals surface area contributed by atoms with Gasteiger partial charge in [0, 0.05) is 0 Å². The second kappa shape index (κ2) is 6.24. The fourth-order valence-corrected chi connectivity index (χ4v) is 1.47. The van der Waals surface area contributed by atoms with Gasteiger partial charge in [0.05, 0.1) is 18.5 Å². The molecule has 0 aliphatic carbocycles. The van der Waals surface area contributed by atoms with Gasteiger partial charge in [0.2, 0.25) is 5.91 Å². The Kier molecular flexibility index (Phi) is 4.94. The summed E-state index contributed by atoms with van der Waals surface area (Å²) in [7, 11) is 0. The summed E-state index contributed by atoms with van der Waals surface area (Å²) in [5, 5.41) is 10.9. The predicted octanol–water partition coefficient (Wildman–Crippen LogP) is 0.944. The van der Waals surface area contributed by atoms with Crippen LogP contribution in [0.5, 0.6) is 0 Å². The maximum atomic E-state index is 13.0. The van der Waals surface area contributed by atoms with Gasteiger partial charge in [-0.05, 0) is 24.6 Å². The zero-order chi connectivity index (χ0) is 14.6. The third kappa shape index (κ3) is 4.29. The van der Waals surface area contributed by atoms with E-state index in [1.807, 2.05) is 0 Å². The molecule has 0 saturated heterocycles. The lowest BCUT2D eigenvalue weighted by atomic mass is 10.1. The number of nitrogens with one attached hydrogen (secondary N) is 1. The van der Waals surface area contributed by atoms with Crippen molar-refractivity contribution in [3.05, 3.63) is 35.4 Å². The van der Waals surface area contributed by atoms with Crippen LogP contribution in [0.2, 0.25) is 0 Å². The number of hydrogen-bond donors (Lipinski definition) is 3. The highest BCUT2D eigenvalue weighted by atomic mass is 19.2. The van der Waals surface area contributed by atoms with Crippen LogP contribution < -0.4 is 11.1 Å². The number of nitrogens with two attached hydrogens (primary N) is 1. The quantitative estimate of drug-likeness (QED) is 0.744. The molecule has 0 spiro atoms. The number of aliphatic carboxylic acids is 1. The number of carboxylic acid groups (broad SMARTS) is 1. The van der Waals surface area contributed by atoms with Crippen LogP contribution in [0.1, 0.15) is 24.9 Å². The molecule has 4 N–H and O–H groups in total. The van der Waals surface area contributed by atoms with Crippen LogP contribution in [0.25, 0.3) is 0 Å². The standard InChI is InChI=1S/C12H14F2N2O3/c1-6(7-2-3-8(13)9(14)4-7)16-12(19)10(15)5-11(17)18/h2-4,6,10H,5,15H2,1H3,(H,16,19)(H,17,18). The van der Waals surface area contributed by atoms with Crippen LogP contribution >= 0.6 is 0 Å². The summed E-state index contributed by atoms with van der Waals surface area (Å²) in [6.07, 6.45) is -0.504. The molecule has 104 valence electrons. The maximum Gasteiger partial charge on any atom is 0.305 e. The van der Waals surface area contributed by atoms with Gasteiger partial charge in [0.15, 0.2) is 11.6 Å². The van der Waals surface area contributed by atoms with Crippen LogP contribution in [-0.4, -0.2) is 23.0 Å². The molecular formula is C12H14F2N2O3. The van der Waals surface area contributed by atoms with Crippen LogP contribution in [0.15, 0.2) is 18.2 Å². The molecule has 1 rings (SSSR count). The molecule has 7 heteroatoms. The van der Waals surface area contributed by atoms with Gasteiger partial charge in [-0.3, -0.25) is 9.59 Å². The summed E-state index contributed by atoms with van der Waals surface area (Å²) in [4.78, 5) is 21.9. The van der Waals surface area contributed by atoms with E-state index in [2.05, 4.69) is 5.32 Å². The SMILES string of the molecule is CC(NC(=O)C(N)CC(=O)O)c1ccc(F)c(F)c1. The van der Waals surface area contributed by atoms with E-state index < -0.39 is 42.0 Å². The van der Waals surface area contributed by atoms with Crippen LogP contribution in [0.4, 0.5) is 8.78 Å². The molecule has 0 saturated carbocycles. The highest BCUT2D eigenvalue weighted by molar-refractivity contribution is 5.86. The van der Waals surface area contributed by atoms with Crippen molar-refractivity contribution in [1.29, 1.82) is 0 Å². The monoisotopic (exact) mass is 272 g/mol. The van der Waals surface area contributed by atoms with E-state index in [1.165, 1.54) is 6.07 Å². The second-order valence-corrected chi connectivity index (χ2v) is 4.11. The summed E-state index contributed by atoms with van der Waals surface area (Å²) in [6.45, 7) is 1.55. The number of rotatable bonds is 5. The van der Waals surface area contributed by atoms with E-state index in [0.717, 1.165) is 12.1 Å². The van der Waals surface area contributed by atoms with Gasteiger partial charge in [0.25, 0.3) is 0 Å². The largest absolute Gasteiger partial charge is 0.481 e. The minimum atomic E-state index is -1.19. The lowest BCUT2D eigenvalue weighted by Crippen LogP contribution is -2.42. The number of carbonyl (C=O) groups is 2. The topological polar surface area (TPSA) is 92.4 Å². The number of carboxylic acids is 1. The van der Waals surface area contributed by atoms with Crippen molar-refractivity contribution in [3.63, 3.8) is 0 Å². The minimum absolute atomic E-state index is 0.356. The molecular weight excluding hydrogens is 258 g/mol. The van der Waals surface area contributed by atoms with E-state index in [-0.39, 0.29) is 0 Å². The molecule has 0 aliphatic rings. The first kappa shape index (κ1) is 15.0. The van der Waals surface area contributed by atoms with E-state index in [1.54, 1.807) is 6.92 Å². The van der Waals surface area contributed by atoms with Gasteiger partial charge < -0.3 is 16.2 Å². The van der Waals surface area contributed by atoms with Crippen molar-refractivity contribution in [2.45, 2.75) is 25.4 Å². The number of carbonyl (C=O) groups excluding carboxylic acids is 1. The number of hydrogen-bond acceptors (Lipinski definition) is 3. The predicted molar refractivity (Wildman–Crippen MR) is 63.1 cm³/mol. The van der Waals surface area contributed by atoms with E-state index in [4.69, 9.17) is 10.8 Å². The van der Waals surface area contributed by atoms with Crippen LogP contribution in [0, 0.1) is 11.6 Å². The smallest absolute Gasteiger partial charge is 0.305 e. The fourth-order valence-electron chi connectivity index (χ4n) is 1.47. The van der Waals surface area contributed by atoms with Gasteiger partial charge in [-0.2, -0.15) is 0 Å². The molecule has 2 atom stereocenters. The third-order valence-corrected chi connectivity index (χ3v) is 2.53. The van der Waals surface area contributed by atoms with Crippen molar-refractivity contribution in [2.24, 2.45) is 5.73 Å². The summed E-state index contributed by atoms with van der Waals surface area (Å²) < 4.78 is 25.8. The molecule has 1 amide bonds. The Hall–Kier alpha value is -2.02. The first-order valence-electron chi connectivity index (χ1n) is 5.54. The molecule has 1 aromatic carbocycles. The van der Waals surface area contributed by atoms with Gasteiger partial charge in [0.1, 0.15) is 0 Å². The minimum Gasteiger partial charge on any atom is -0.481 e. The average Bonchev–Trinajstić information content (AvgIpc) is 2.31. The van der Waals surface area contributed by atoms with Crippen molar-refractivity contribution in [1.82, 2.24) is 5.32 Å². The Morgan fingerprint density at radius 2 is 2.00 bits per heavy atom. The van der Waals surface area contributed by atoms with E-state index in [9.17, 15) is 18.4 Å². The zero-order valence-electron chi connectivity index (χ0n) is 10.2. The van der Waals surface area contributed by atoms with Crippen LogP contribution in [0.3, 0.4) is 0 Å². The molecule has 0 aromatic heterocycles. The Morgan fingerprint density at radius 1 is 1.37 bits per heavy atom. The highest BCUT2D eigenvalue weighted by Gasteiger charge is 2.19. The normalized spacial score (nSPS) is 13.7. The number of benzene rings is 1. The van der Waals surface area contributed by atoms with Crippen molar-refractivity contribution in [2.75, 3.05) is 0 Å². The molecule has 0 fully saturated rings. The Balaban J connectivity index is 2.68. The average molecular weight is 272 g/mol. The molecule has 0 heterocycles. The summed E-state index contributed by atoms with van der Waals surface area (Å²) in [6, 6.07) is 1.44. The van der Waals surface area contributed by atoms with Crippen molar-refractivity contribution in [3.8, 4) is 0 Å². The van der Waals surface area contributed by atoms with Gasteiger partial charge >= 0.3 is 5.97 Å². The van der Waals surface area contributed by atoms with Crippen LogP contribution in [-0.2, 0) is 9.59 Å². The van der Waals surface area contributed by atoms with Gasteiger partial charge in [-0.25, -0.2) is 8.78 Å². The Labute approximate surface area is 108 Å². The molecule has 2 unspecified atom stereocenters. The molecule has 0 radical (unpaired) electrons. The highest BCUT2D eigenvalue weighted by Crippen LogP contribution is 2.16. The molecule has 0 bridgehead atoms. The molecule has 0 aliphatic heterocycles. The second-order valence-electron chi connectivity index (χ2n) is 4.11. The van der Waals surface area contributed by atoms with Gasteiger partial charge in [-0.1, -0.05) is 6.07 Å². The number of halogens is 2. The summed E-state index contributed by atoms with van der Waals surface area (Å²) in [5.41, 5.74) is 5.73. The molecule has 1 aromatic rings. The lowest BCUT2D eigenvalue weighted by Gasteiger charge is -2.17. The third-order valence-electron chi connectivity index (χ3n) is 2.53. The van der Waals surface area contributed by atoms with E-state index >= 15 is 0 Å². The lowest BCUT2D eigenvalue weighted by molar-refractivity contribution is -0.139. The van der Waals surface area contributed by atoms with Gasteiger partial charge in [-0.15, -0.1) is 0 Å². The Morgan fingerprint density at radius 3 is 2.53 bits per heavy atom. The van der Waals surface area contributed by atoms with E-state index in [0.29, 0.717) is 5.56 Å². The Bertz CT molecular complexity index is 494. The molecule has 5 nitrogen and oxygen atoms in total.